The summed E-state index contributed by atoms with van der Waals surface area (Å²) in [6.45, 7) is 3.03. The number of halogens is 1. The molecule has 0 fully saturated rings. The van der Waals surface area contributed by atoms with Crippen molar-refractivity contribution in [2.24, 2.45) is 5.92 Å². The summed E-state index contributed by atoms with van der Waals surface area (Å²) in [6, 6.07) is 7.58. The number of nitrogens with zero attached hydrogens (tertiary/aromatic N) is 4. The summed E-state index contributed by atoms with van der Waals surface area (Å²) in [5.74, 6) is 0.613. The van der Waals surface area contributed by atoms with E-state index >= 15 is 0 Å². The van der Waals surface area contributed by atoms with Gasteiger partial charge in [0.15, 0.2) is 0 Å². The first-order valence-corrected chi connectivity index (χ1v) is 9.59. The fourth-order valence-electron chi connectivity index (χ4n) is 3.72. The van der Waals surface area contributed by atoms with Crippen LogP contribution in [0.15, 0.2) is 43.0 Å². The van der Waals surface area contributed by atoms with Gasteiger partial charge in [-0.15, -0.1) is 0 Å². The largest absolute Gasteiger partial charge is 0.497 e. The van der Waals surface area contributed by atoms with Gasteiger partial charge in [-0.1, -0.05) is 30.7 Å². The molecule has 3 heterocycles. The molecule has 4 rings (SSSR count). The monoisotopic (exact) mass is 399 g/mol. The van der Waals surface area contributed by atoms with Crippen molar-refractivity contribution in [3.63, 3.8) is 0 Å². The van der Waals surface area contributed by atoms with Gasteiger partial charge < -0.3 is 14.6 Å². The van der Waals surface area contributed by atoms with Crippen molar-refractivity contribution in [3.05, 3.63) is 65.0 Å². The number of hydrogen-bond acceptors (Lipinski definition) is 4. The molecular formula is C20H22ClN5O2. The fourth-order valence-corrected chi connectivity index (χ4v) is 3.87. The summed E-state index contributed by atoms with van der Waals surface area (Å²) in [6.07, 6.45) is 5.77. The minimum atomic E-state index is -0.239. The molecule has 3 aromatic rings. The van der Waals surface area contributed by atoms with Gasteiger partial charge in [0.2, 0.25) is 5.91 Å². The maximum absolute atomic E-state index is 13.3. The number of aromatic nitrogens is 4. The Labute approximate surface area is 168 Å². The Morgan fingerprint density at radius 3 is 2.86 bits per heavy atom. The van der Waals surface area contributed by atoms with E-state index in [-0.39, 0.29) is 17.9 Å². The zero-order valence-electron chi connectivity index (χ0n) is 15.8. The molecule has 1 amide bonds. The first-order valence-electron chi connectivity index (χ1n) is 9.21. The first kappa shape index (κ1) is 18.6. The molecule has 2 aromatic heterocycles. The molecule has 2 unspecified atom stereocenters. The summed E-state index contributed by atoms with van der Waals surface area (Å²) >= 11 is 5.94. The van der Waals surface area contributed by atoms with E-state index < -0.39 is 0 Å². The molecular weight excluding hydrogens is 378 g/mol. The van der Waals surface area contributed by atoms with Crippen molar-refractivity contribution >= 4 is 17.5 Å². The Kier molecular flexibility index (Phi) is 5.09. The topological polar surface area (TPSA) is 76.0 Å². The number of fused-ring (bicyclic) bond motifs is 1. The highest BCUT2D eigenvalue weighted by atomic mass is 35.5. The van der Waals surface area contributed by atoms with Crippen molar-refractivity contribution in [3.8, 4) is 5.75 Å². The van der Waals surface area contributed by atoms with Crippen molar-refractivity contribution in [1.29, 1.82) is 0 Å². The van der Waals surface area contributed by atoms with Crippen molar-refractivity contribution in [2.75, 3.05) is 13.7 Å². The molecule has 0 bridgehead atoms. The lowest BCUT2D eigenvalue weighted by molar-refractivity contribution is -0.137. The Hall–Kier alpha value is -2.80. The van der Waals surface area contributed by atoms with Crippen molar-refractivity contribution in [1.82, 2.24) is 24.6 Å². The van der Waals surface area contributed by atoms with E-state index in [9.17, 15) is 4.79 Å². The van der Waals surface area contributed by atoms with E-state index in [1.165, 1.54) is 0 Å². The van der Waals surface area contributed by atoms with Crippen LogP contribution < -0.4 is 4.74 Å². The number of rotatable bonds is 5. The number of carbonyl (C=O) groups is 1. The Morgan fingerprint density at radius 1 is 1.39 bits per heavy atom. The lowest BCUT2D eigenvalue weighted by atomic mass is 9.94. The zero-order valence-corrected chi connectivity index (χ0v) is 16.6. The molecule has 28 heavy (non-hydrogen) atoms. The third-order valence-corrected chi connectivity index (χ3v) is 5.32. The first-order chi connectivity index (χ1) is 13.6. The predicted molar refractivity (Wildman–Crippen MR) is 105 cm³/mol. The van der Waals surface area contributed by atoms with E-state index in [0.29, 0.717) is 18.1 Å². The van der Waals surface area contributed by atoms with Crippen LogP contribution in [0.25, 0.3) is 0 Å². The normalized spacial score (nSPS) is 17.2. The Bertz CT molecular complexity index is 965. The van der Waals surface area contributed by atoms with Gasteiger partial charge in [-0.25, -0.2) is 4.98 Å². The SMILES string of the molecule is COc1ccc(C2c3nc[nH]c3CCN2C(=O)C(C)Cn2cc(Cl)cn2)cc1. The number of benzene rings is 1. The number of carbonyl (C=O) groups excluding carboxylic acids is 1. The van der Waals surface area contributed by atoms with Crippen molar-refractivity contribution in [2.45, 2.75) is 25.9 Å². The predicted octanol–water partition coefficient (Wildman–Crippen LogP) is 3.08. The van der Waals surface area contributed by atoms with Crippen LogP contribution >= 0.6 is 11.6 Å². The van der Waals surface area contributed by atoms with Gasteiger partial charge in [0.05, 0.1) is 42.8 Å². The molecule has 1 N–H and O–H groups in total. The van der Waals surface area contributed by atoms with Crippen LogP contribution in [0.2, 0.25) is 5.02 Å². The van der Waals surface area contributed by atoms with Gasteiger partial charge in [0.1, 0.15) is 11.8 Å². The van der Waals surface area contributed by atoms with Crippen LogP contribution in [-0.4, -0.2) is 44.2 Å². The van der Waals surface area contributed by atoms with E-state index in [1.54, 1.807) is 30.5 Å². The second-order valence-electron chi connectivity index (χ2n) is 7.01. The van der Waals surface area contributed by atoms with Crippen LogP contribution in [0.3, 0.4) is 0 Å². The minimum Gasteiger partial charge on any atom is -0.497 e. The highest BCUT2D eigenvalue weighted by Crippen LogP contribution is 2.35. The molecule has 0 saturated carbocycles. The maximum Gasteiger partial charge on any atom is 0.228 e. The van der Waals surface area contributed by atoms with Gasteiger partial charge in [-0.3, -0.25) is 9.48 Å². The van der Waals surface area contributed by atoms with Gasteiger partial charge in [0, 0.05) is 24.9 Å². The average molecular weight is 400 g/mol. The molecule has 146 valence electrons. The molecule has 0 saturated heterocycles. The van der Waals surface area contributed by atoms with Crippen LogP contribution in [0, 0.1) is 5.92 Å². The lowest BCUT2D eigenvalue weighted by Crippen LogP contribution is -2.44. The molecule has 1 aromatic carbocycles. The molecule has 7 nitrogen and oxygen atoms in total. The van der Waals surface area contributed by atoms with Gasteiger partial charge in [-0.05, 0) is 17.7 Å². The van der Waals surface area contributed by atoms with E-state index in [4.69, 9.17) is 16.3 Å². The number of aromatic amines is 1. The van der Waals surface area contributed by atoms with Crippen LogP contribution in [-0.2, 0) is 17.8 Å². The number of imidazole rings is 1. The quantitative estimate of drug-likeness (QED) is 0.715. The smallest absolute Gasteiger partial charge is 0.228 e. The molecule has 0 aliphatic carbocycles. The Balaban J connectivity index is 1.62. The number of amides is 1. The number of H-pyrrole nitrogens is 1. The number of nitrogens with one attached hydrogen (secondary N) is 1. The van der Waals surface area contributed by atoms with Crippen molar-refractivity contribution < 1.29 is 9.53 Å². The van der Waals surface area contributed by atoms with Crippen LogP contribution in [0.4, 0.5) is 0 Å². The van der Waals surface area contributed by atoms with E-state index in [2.05, 4.69) is 15.1 Å². The maximum atomic E-state index is 13.3. The second kappa shape index (κ2) is 7.67. The van der Waals surface area contributed by atoms with E-state index in [0.717, 1.165) is 29.1 Å². The fraction of sp³-hybridized carbons (Fsp3) is 0.350. The molecule has 0 radical (unpaired) electrons. The standard InChI is InChI=1S/C20H22ClN5O2/c1-13(10-25-11-15(21)9-24-25)20(27)26-8-7-17-18(23-12-22-17)19(26)14-3-5-16(28-2)6-4-14/h3-6,9,11-13,19H,7-8,10H2,1-2H3,(H,22,23). The summed E-state index contributed by atoms with van der Waals surface area (Å²) < 4.78 is 6.97. The van der Waals surface area contributed by atoms with Gasteiger partial charge in [0.25, 0.3) is 0 Å². The third kappa shape index (κ3) is 3.49. The van der Waals surface area contributed by atoms with Gasteiger partial charge >= 0.3 is 0 Å². The van der Waals surface area contributed by atoms with Crippen LogP contribution in [0.5, 0.6) is 5.75 Å². The average Bonchev–Trinajstić information content (AvgIpc) is 3.35. The van der Waals surface area contributed by atoms with Crippen LogP contribution in [0.1, 0.15) is 29.9 Å². The summed E-state index contributed by atoms with van der Waals surface area (Å²) in [7, 11) is 1.64. The minimum absolute atomic E-state index is 0.0705. The molecule has 2 atom stereocenters. The highest BCUT2D eigenvalue weighted by Gasteiger charge is 2.35. The summed E-state index contributed by atoms with van der Waals surface area (Å²) in [5.41, 5.74) is 2.99. The van der Waals surface area contributed by atoms with E-state index in [1.807, 2.05) is 36.1 Å². The molecule has 1 aliphatic rings. The number of methoxy groups -OCH3 is 1. The molecule has 0 spiro atoms. The number of ether oxygens (including phenoxy) is 1. The molecule has 1 aliphatic heterocycles. The Morgan fingerprint density at radius 2 is 2.18 bits per heavy atom. The zero-order chi connectivity index (χ0) is 19.7. The highest BCUT2D eigenvalue weighted by molar-refractivity contribution is 6.30. The summed E-state index contributed by atoms with van der Waals surface area (Å²) in [4.78, 5) is 23.0. The number of hydrogen-bond donors (Lipinski definition) is 1. The van der Waals surface area contributed by atoms with Gasteiger partial charge in [-0.2, -0.15) is 5.10 Å². The third-order valence-electron chi connectivity index (χ3n) is 5.12. The lowest BCUT2D eigenvalue weighted by Gasteiger charge is -2.37. The summed E-state index contributed by atoms with van der Waals surface area (Å²) in [5, 5.41) is 4.75. The second-order valence-corrected chi connectivity index (χ2v) is 7.44. The molecule has 8 heteroatoms.